The van der Waals surface area contributed by atoms with E-state index in [-0.39, 0.29) is 5.41 Å². The third-order valence-electron chi connectivity index (χ3n) is 5.77. The molecule has 0 fully saturated rings. The fourth-order valence-electron chi connectivity index (χ4n) is 4.58. The Morgan fingerprint density at radius 3 is 1.41 bits per heavy atom. The van der Waals surface area contributed by atoms with Gasteiger partial charge in [-0.25, -0.2) is 0 Å². The summed E-state index contributed by atoms with van der Waals surface area (Å²) < 4.78 is 0. The predicted octanol–water partition coefficient (Wildman–Crippen LogP) is 6.79. The second kappa shape index (κ2) is 7.40. The highest BCUT2D eigenvalue weighted by molar-refractivity contribution is 5.56. The van der Waals surface area contributed by atoms with E-state index in [1.165, 1.54) is 22.3 Å². The van der Waals surface area contributed by atoms with E-state index >= 15 is 0 Å². The van der Waals surface area contributed by atoms with Crippen LogP contribution in [0.25, 0.3) is 0 Å². The lowest BCUT2D eigenvalue weighted by molar-refractivity contribution is 0.472. The van der Waals surface area contributed by atoms with E-state index in [0.29, 0.717) is 11.8 Å². The Bertz CT molecular complexity index is 834. The lowest BCUT2D eigenvalue weighted by Crippen LogP contribution is -2.38. The van der Waals surface area contributed by atoms with E-state index in [0.717, 1.165) is 0 Å². The topological polar surface area (TPSA) is 0 Å². The predicted molar refractivity (Wildman–Crippen MR) is 115 cm³/mol. The molecule has 1 aliphatic carbocycles. The van der Waals surface area contributed by atoms with Crippen LogP contribution in [0.1, 0.15) is 30.5 Å². The highest BCUT2D eigenvalue weighted by Crippen LogP contribution is 2.51. The van der Waals surface area contributed by atoms with Gasteiger partial charge in [0.2, 0.25) is 0 Å². The molecule has 0 spiro atoms. The Labute approximate surface area is 162 Å². The van der Waals surface area contributed by atoms with Gasteiger partial charge in [-0.15, -0.1) is 0 Å². The Balaban J connectivity index is 2.08. The molecule has 0 bridgehead atoms. The van der Waals surface area contributed by atoms with Crippen molar-refractivity contribution in [1.29, 1.82) is 0 Å². The van der Waals surface area contributed by atoms with Gasteiger partial charge in [0.15, 0.2) is 0 Å². The Kier molecular flexibility index (Phi) is 4.81. The van der Waals surface area contributed by atoms with Crippen LogP contribution >= 0.6 is 0 Å². The normalized spacial score (nSPS) is 16.6. The molecule has 1 unspecified atom stereocenters. The second-order valence-corrected chi connectivity index (χ2v) is 7.59. The van der Waals surface area contributed by atoms with Gasteiger partial charge in [-0.05, 0) is 22.6 Å². The summed E-state index contributed by atoms with van der Waals surface area (Å²) in [5.74, 6) is 0.796. The third kappa shape index (κ3) is 2.96. The fourth-order valence-corrected chi connectivity index (χ4v) is 4.58. The molecule has 0 radical (unpaired) electrons. The molecular formula is C27H26. The molecule has 3 aromatic rings. The van der Waals surface area contributed by atoms with E-state index in [1.54, 1.807) is 0 Å². The summed E-state index contributed by atoms with van der Waals surface area (Å²) in [5.41, 5.74) is 5.26. The van der Waals surface area contributed by atoms with Crippen molar-refractivity contribution in [3.8, 4) is 0 Å². The maximum absolute atomic E-state index is 2.39. The number of rotatable bonds is 5. The van der Waals surface area contributed by atoms with Crippen molar-refractivity contribution in [2.24, 2.45) is 11.8 Å². The molecule has 0 heterocycles. The third-order valence-corrected chi connectivity index (χ3v) is 5.77. The van der Waals surface area contributed by atoms with Crippen LogP contribution in [0.15, 0.2) is 115 Å². The highest BCUT2D eigenvalue weighted by Gasteiger charge is 2.45. The van der Waals surface area contributed by atoms with Crippen LogP contribution in [0.3, 0.4) is 0 Å². The molecule has 0 heteroatoms. The molecule has 0 saturated carbocycles. The summed E-state index contributed by atoms with van der Waals surface area (Å²) >= 11 is 0. The maximum atomic E-state index is 2.39. The van der Waals surface area contributed by atoms with Crippen molar-refractivity contribution >= 4 is 0 Å². The standard InChI is InChI=1S/C27H26/c1-21(2)25-19-12-20-26(25)27(22-13-6-3-7-14-22,23-15-8-4-9-16-23)24-17-10-5-11-18-24/h3-21,26H,1-2H3. The van der Waals surface area contributed by atoms with Gasteiger partial charge in [0.05, 0.1) is 5.41 Å². The zero-order valence-electron chi connectivity index (χ0n) is 16.0. The Hall–Kier alpha value is -2.86. The molecule has 0 nitrogen and oxygen atoms in total. The molecule has 0 saturated heterocycles. The van der Waals surface area contributed by atoms with Gasteiger partial charge in [0, 0.05) is 5.92 Å². The molecule has 1 atom stereocenters. The summed E-state index contributed by atoms with van der Waals surface area (Å²) in [6, 6.07) is 33.0. The maximum Gasteiger partial charge on any atom is 0.0551 e. The lowest BCUT2D eigenvalue weighted by atomic mass is 9.59. The second-order valence-electron chi connectivity index (χ2n) is 7.59. The van der Waals surface area contributed by atoms with E-state index in [4.69, 9.17) is 0 Å². The van der Waals surface area contributed by atoms with Crippen LogP contribution in [0.4, 0.5) is 0 Å². The van der Waals surface area contributed by atoms with Crippen LogP contribution in [0.5, 0.6) is 0 Å². The Morgan fingerprint density at radius 2 is 1.04 bits per heavy atom. The van der Waals surface area contributed by atoms with Crippen molar-refractivity contribution in [3.63, 3.8) is 0 Å². The summed E-state index contributed by atoms with van der Waals surface area (Å²) in [6.07, 6.45) is 6.95. The smallest absolute Gasteiger partial charge is 0.0551 e. The van der Waals surface area contributed by atoms with Crippen molar-refractivity contribution in [2.75, 3.05) is 0 Å². The first-order valence-corrected chi connectivity index (χ1v) is 9.79. The number of benzene rings is 3. The SMILES string of the molecule is CC(C)C1=CC=CC1C(c1ccccc1)(c1ccccc1)c1ccccc1. The average Bonchev–Trinajstić information content (AvgIpc) is 3.22. The monoisotopic (exact) mass is 350 g/mol. The molecule has 1 aliphatic rings. The van der Waals surface area contributed by atoms with Gasteiger partial charge in [-0.2, -0.15) is 0 Å². The summed E-state index contributed by atoms with van der Waals surface area (Å²) in [7, 11) is 0. The number of hydrogen-bond acceptors (Lipinski definition) is 0. The first kappa shape index (κ1) is 17.5. The molecule has 27 heavy (non-hydrogen) atoms. The van der Waals surface area contributed by atoms with Crippen molar-refractivity contribution in [3.05, 3.63) is 131 Å². The molecule has 0 amide bonds. The lowest BCUT2D eigenvalue weighted by Gasteiger charge is -2.42. The quantitative estimate of drug-likeness (QED) is 0.444. The van der Waals surface area contributed by atoms with E-state index < -0.39 is 0 Å². The zero-order chi connectivity index (χ0) is 18.7. The van der Waals surface area contributed by atoms with E-state index in [1.807, 2.05) is 0 Å². The van der Waals surface area contributed by atoms with Gasteiger partial charge in [-0.3, -0.25) is 0 Å². The van der Waals surface area contributed by atoms with Crippen LogP contribution in [0.2, 0.25) is 0 Å². The molecule has 134 valence electrons. The summed E-state index contributed by atoms with van der Waals surface area (Å²) in [4.78, 5) is 0. The number of allylic oxidation sites excluding steroid dienone is 4. The van der Waals surface area contributed by atoms with E-state index in [9.17, 15) is 0 Å². The largest absolute Gasteiger partial charge is 0.0758 e. The van der Waals surface area contributed by atoms with Crippen LogP contribution < -0.4 is 0 Å². The van der Waals surface area contributed by atoms with Crippen molar-refractivity contribution in [1.82, 2.24) is 0 Å². The van der Waals surface area contributed by atoms with Crippen molar-refractivity contribution in [2.45, 2.75) is 19.3 Å². The minimum Gasteiger partial charge on any atom is -0.0758 e. The molecule has 0 N–H and O–H groups in total. The van der Waals surface area contributed by atoms with Crippen molar-refractivity contribution < 1.29 is 0 Å². The van der Waals surface area contributed by atoms with E-state index in [2.05, 4.69) is 123 Å². The summed E-state index contributed by atoms with van der Waals surface area (Å²) in [5, 5.41) is 0. The van der Waals surface area contributed by atoms with Crippen LogP contribution in [-0.4, -0.2) is 0 Å². The average molecular weight is 351 g/mol. The van der Waals surface area contributed by atoms with Gasteiger partial charge in [0.25, 0.3) is 0 Å². The first-order chi connectivity index (χ1) is 13.2. The molecule has 3 aromatic carbocycles. The van der Waals surface area contributed by atoms with Gasteiger partial charge < -0.3 is 0 Å². The van der Waals surface area contributed by atoms with Gasteiger partial charge in [0.1, 0.15) is 0 Å². The first-order valence-electron chi connectivity index (χ1n) is 9.79. The molecule has 4 rings (SSSR count). The molecule has 0 aromatic heterocycles. The number of hydrogen-bond donors (Lipinski definition) is 0. The highest BCUT2D eigenvalue weighted by atomic mass is 14.5. The van der Waals surface area contributed by atoms with Crippen LogP contribution in [0, 0.1) is 11.8 Å². The zero-order valence-corrected chi connectivity index (χ0v) is 16.0. The van der Waals surface area contributed by atoms with Crippen LogP contribution in [-0.2, 0) is 5.41 Å². The summed E-state index contributed by atoms with van der Waals surface area (Å²) in [6.45, 7) is 4.61. The fraction of sp³-hybridized carbons (Fsp3) is 0.185. The molecule has 0 aliphatic heterocycles. The Morgan fingerprint density at radius 1 is 0.630 bits per heavy atom. The minimum atomic E-state index is -0.243. The van der Waals surface area contributed by atoms with Gasteiger partial charge >= 0.3 is 0 Å². The minimum absolute atomic E-state index is 0.243. The van der Waals surface area contributed by atoms with Gasteiger partial charge in [-0.1, -0.05) is 129 Å². The molecular weight excluding hydrogens is 324 g/mol.